The van der Waals surface area contributed by atoms with Crippen molar-refractivity contribution in [3.63, 3.8) is 0 Å². The Balaban J connectivity index is 1.47. The number of nitrogens with one attached hydrogen (secondary N) is 1. The van der Waals surface area contributed by atoms with Crippen LogP contribution in [-0.2, 0) is 27.8 Å². The first-order valence-electron chi connectivity index (χ1n) is 9.85. The number of anilines is 1. The van der Waals surface area contributed by atoms with Crippen molar-refractivity contribution in [1.82, 2.24) is 13.9 Å². The number of hydrogen-bond acceptors (Lipinski definition) is 4. The number of carbonyl (C=O) groups is 1. The van der Waals surface area contributed by atoms with Crippen LogP contribution in [0.15, 0.2) is 47.4 Å². The molecule has 4 rings (SSSR count). The average Bonchev–Trinajstić information content (AvgIpc) is 2.88. The Kier molecular flexibility index (Phi) is 5.57. The van der Waals surface area contributed by atoms with Gasteiger partial charge in [0.1, 0.15) is 11.6 Å². The number of sulfonamides is 1. The van der Waals surface area contributed by atoms with Crippen molar-refractivity contribution in [2.45, 2.75) is 37.1 Å². The Bertz CT molecular complexity index is 1190. The molecule has 0 aliphatic carbocycles. The van der Waals surface area contributed by atoms with Crippen LogP contribution >= 0.6 is 0 Å². The molecule has 0 fully saturated rings. The fraction of sp³-hybridized carbons (Fsp3) is 0.333. The second kappa shape index (κ2) is 8.16. The molecule has 2 heterocycles. The SMILES string of the molecule is CN(CC(=O)Nc1ccc2c(c1)nc1n2CCCCC1)S(=O)(=O)c1ccc(F)cc1. The number of likely N-dealkylation sites (N-methyl/N-ethyl adjacent to an activating group) is 1. The summed E-state index contributed by atoms with van der Waals surface area (Å²) in [6.07, 6.45) is 4.41. The number of imidazole rings is 1. The third kappa shape index (κ3) is 4.08. The largest absolute Gasteiger partial charge is 0.328 e. The lowest BCUT2D eigenvalue weighted by molar-refractivity contribution is -0.116. The lowest BCUT2D eigenvalue weighted by atomic mass is 10.2. The third-order valence-corrected chi connectivity index (χ3v) is 7.10. The molecule has 0 radical (unpaired) electrons. The maximum absolute atomic E-state index is 13.1. The van der Waals surface area contributed by atoms with Gasteiger partial charge in [0.05, 0.1) is 22.5 Å². The van der Waals surface area contributed by atoms with Crippen molar-refractivity contribution in [2.24, 2.45) is 0 Å². The molecule has 9 heteroatoms. The number of carbonyl (C=O) groups excluding carboxylic acids is 1. The Hall–Kier alpha value is -2.78. The van der Waals surface area contributed by atoms with E-state index in [1.807, 2.05) is 12.1 Å². The van der Waals surface area contributed by atoms with E-state index in [1.54, 1.807) is 6.07 Å². The molecule has 0 bridgehead atoms. The number of aromatic nitrogens is 2. The van der Waals surface area contributed by atoms with Gasteiger partial charge in [-0.3, -0.25) is 4.79 Å². The van der Waals surface area contributed by atoms with E-state index in [1.165, 1.54) is 25.6 Å². The first kappa shape index (κ1) is 20.5. The summed E-state index contributed by atoms with van der Waals surface area (Å²) in [4.78, 5) is 17.1. The van der Waals surface area contributed by atoms with Gasteiger partial charge in [-0.05, 0) is 55.3 Å². The van der Waals surface area contributed by atoms with Crippen molar-refractivity contribution < 1.29 is 17.6 Å². The molecule has 1 amide bonds. The van der Waals surface area contributed by atoms with E-state index in [9.17, 15) is 17.6 Å². The summed E-state index contributed by atoms with van der Waals surface area (Å²) in [5.74, 6) is 0.0701. The van der Waals surface area contributed by atoms with E-state index >= 15 is 0 Å². The summed E-state index contributed by atoms with van der Waals surface area (Å²) in [7, 11) is -2.58. The lowest BCUT2D eigenvalue weighted by Crippen LogP contribution is -2.34. The van der Waals surface area contributed by atoms with Crippen molar-refractivity contribution in [3.05, 3.63) is 54.1 Å². The Morgan fingerprint density at radius 3 is 2.70 bits per heavy atom. The molecule has 2 aromatic carbocycles. The summed E-state index contributed by atoms with van der Waals surface area (Å²) in [6, 6.07) is 10.0. The number of rotatable bonds is 5. The second-order valence-corrected chi connectivity index (χ2v) is 9.50. The maximum Gasteiger partial charge on any atom is 0.243 e. The van der Waals surface area contributed by atoms with E-state index in [-0.39, 0.29) is 11.4 Å². The van der Waals surface area contributed by atoms with Gasteiger partial charge in [0.2, 0.25) is 15.9 Å². The minimum Gasteiger partial charge on any atom is -0.328 e. The van der Waals surface area contributed by atoms with Crippen molar-refractivity contribution in [3.8, 4) is 0 Å². The Morgan fingerprint density at radius 1 is 1.17 bits per heavy atom. The number of halogens is 1. The molecule has 0 unspecified atom stereocenters. The highest BCUT2D eigenvalue weighted by Gasteiger charge is 2.23. The fourth-order valence-electron chi connectivity index (χ4n) is 3.70. The molecule has 1 aliphatic heterocycles. The Morgan fingerprint density at radius 2 is 1.93 bits per heavy atom. The van der Waals surface area contributed by atoms with Crippen LogP contribution < -0.4 is 5.32 Å². The molecule has 0 saturated carbocycles. The minimum atomic E-state index is -3.89. The van der Waals surface area contributed by atoms with Gasteiger partial charge in [0, 0.05) is 25.7 Å². The van der Waals surface area contributed by atoms with Crippen molar-refractivity contribution in [2.75, 3.05) is 18.9 Å². The maximum atomic E-state index is 13.1. The number of benzene rings is 2. The second-order valence-electron chi connectivity index (χ2n) is 7.46. The summed E-state index contributed by atoms with van der Waals surface area (Å²) in [5, 5.41) is 2.74. The van der Waals surface area contributed by atoms with E-state index in [2.05, 4.69) is 9.88 Å². The summed E-state index contributed by atoms with van der Waals surface area (Å²) in [6.45, 7) is 0.584. The first-order valence-corrected chi connectivity index (χ1v) is 11.3. The third-order valence-electron chi connectivity index (χ3n) is 5.28. The number of nitrogens with zero attached hydrogens (tertiary/aromatic N) is 3. The predicted octanol–water partition coefficient (Wildman–Crippen LogP) is 3.16. The molecule has 1 aromatic heterocycles. The molecule has 158 valence electrons. The highest BCUT2D eigenvalue weighted by Crippen LogP contribution is 2.24. The molecule has 0 spiro atoms. The van der Waals surface area contributed by atoms with Crippen LogP contribution in [0.1, 0.15) is 25.1 Å². The standard InChI is InChI=1S/C21H23FN4O3S/c1-25(30(28,29)17-9-6-15(22)7-10-17)14-21(27)23-16-8-11-19-18(13-16)24-20-5-3-2-4-12-26(19)20/h6-11,13H,2-5,12,14H2,1H3,(H,23,27). The van der Waals surface area contributed by atoms with E-state index in [0.717, 1.165) is 59.1 Å². The number of amides is 1. The summed E-state index contributed by atoms with van der Waals surface area (Å²) in [5.41, 5.74) is 2.42. The predicted molar refractivity (Wildman–Crippen MR) is 112 cm³/mol. The van der Waals surface area contributed by atoms with Crippen LogP contribution in [0.25, 0.3) is 11.0 Å². The van der Waals surface area contributed by atoms with Crippen LogP contribution in [0.4, 0.5) is 10.1 Å². The zero-order valence-electron chi connectivity index (χ0n) is 16.6. The first-order chi connectivity index (χ1) is 14.3. The summed E-state index contributed by atoms with van der Waals surface area (Å²) < 4.78 is 41.3. The topological polar surface area (TPSA) is 84.3 Å². The van der Waals surface area contributed by atoms with E-state index in [4.69, 9.17) is 4.98 Å². The van der Waals surface area contributed by atoms with E-state index < -0.39 is 21.7 Å². The van der Waals surface area contributed by atoms with Crippen LogP contribution in [0.5, 0.6) is 0 Å². The highest BCUT2D eigenvalue weighted by molar-refractivity contribution is 7.89. The Labute approximate surface area is 174 Å². The molecular weight excluding hydrogens is 407 g/mol. The van der Waals surface area contributed by atoms with Gasteiger partial charge >= 0.3 is 0 Å². The van der Waals surface area contributed by atoms with Gasteiger partial charge in [0.15, 0.2) is 0 Å². The molecular formula is C21H23FN4O3S. The average molecular weight is 431 g/mol. The van der Waals surface area contributed by atoms with Gasteiger partial charge < -0.3 is 9.88 Å². The summed E-state index contributed by atoms with van der Waals surface area (Å²) >= 11 is 0. The van der Waals surface area contributed by atoms with E-state index in [0.29, 0.717) is 5.69 Å². The van der Waals surface area contributed by atoms with Crippen LogP contribution in [0, 0.1) is 5.82 Å². The van der Waals surface area contributed by atoms with Crippen molar-refractivity contribution in [1.29, 1.82) is 0 Å². The molecule has 1 aliphatic rings. The van der Waals surface area contributed by atoms with Gasteiger partial charge in [-0.15, -0.1) is 0 Å². The highest BCUT2D eigenvalue weighted by atomic mass is 32.2. The van der Waals surface area contributed by atoms with Crippen LogP contribution in [0.2, 0.25) is 0 Å². The van der Waals surface area contributed by atoms with Crippen molar-refractivity contribution >= 4 is 32.7 Å². The number of aryl methyl sites for hydroxylation is 2. The molecule has 1 N–H and O–H groups in total. The number of hydrogen-bond donors (Lipinski definition) is 1. The quantitative estimate of drug-likeness (QED) is 0.674. The van der Waals surface area contributed by atoms with Crippen LogP contribution in [-0.4, -0.2) is 41.8 Å². The van der Waals surface area contributed by atoms with Crippen LogP contribution in [0.3, 0.4) is 0 Å². The monoisotopic (exact) mass is 430 g/mol. The minimum absolute atomic E-state index is 0.0693. The lowest BCUT2D eigenvalue weighted by Gasteiger charge is -2.17. The molecule has 3 aromatic rings. The fourth-order valence-corrected chi connectivity index (χ4v) is 4.83. The normalized spacial score (nSPS) is 14.5. The van der Waals surface area contributed by atoms with Gasteiger partial charge in [-0.25, -0.2) is 17.8 Å². The molecule has 7 nitrogen and oxygen atoms in total. The zero-order chi connectivity index (χ0) is 21.3. The molecule has 0 atom stereocenters. The zero-order valence-corrected chi connectivity index (χ0v) is 17.5. The van der Waals surface area contributed by atoms with Gasteiger partial charge in [0.25, 0.3) is 0 Å². The van der Waals surface area contributed by atoms with Gasteiger partial charge in [-0.2, -0.15) is 4.31 Å². The smallest absolute Gasteiger partial charge is 0.243 e. The molecule has 0 saturated heterocycles. The molecule has 30 heavy (non-hydrogen) atoms. The van der Waals surface area contributed by atoms with Gasteiger partial charge in [-0.1, -0.05) is 6.42 Å². The number of fused-ring (bicyclic) bond motifs is 3.